The minimum atomic E-state index is 0. The van der Waals surface area contributed by atoms with E-state index in [1.54, 1.807) is 11.8 Å². The smallest absolute Gasteiger partial charge is 0.226 e. The molecule has 1 aliphatic heterocycles. The van der Waals surface area contributed by atoms with Crippen LogP contribution in [0.15, 0.2) is 0 Å². The number of nitrogens with two attached hydrogens (primary N) is 1. The van der Waals surface area contributed by atoms with Gasteiger partial charge >= 0.3 is 0 Å². The molecular weight excluding hydrogens is 232 g/mol. The lowest BCUT2D eigenvalue weighted by atomic mass is 10.0. The third-order valence-electron chi connectivity index (χ3n) is 2.61. The number of thioether (sulfide) groups is 1. The molecule has 3 nitrogen and oxygen atoms in total. The number of halogens is 1. The van der Waals surface area contributed by atoms with E-state index >= 15 is 0 Å². The van der Waals surface area contributed by atoms with Gasteiger partial charge in [0.15, 0.2) is 0 Å². The van der Waals surface area contributed by atoms with Gasteiger partial charge in [-0.3, -0.25) is 4.79 Å². The molecule has 1 rings (SSSR count). The van der Waals surface area contributed by atoms with Crippen molar-refractivity contribution in [3.8, 4) is 0 Å². The Bertz CT molecular complexity index is 204. The topological polar surface area (TPSA) is 46.3 Å². The zero-order valence-corrected chi connectivity index (χ0v) is 11.1. The first-order valence-electron chi connectivity index (χ1n) is 5.18. The zero-order chi connectivity index (χ0) is 10.6. The van der Waals surface area contributed by atoms with E-state index in [1.807, 2.05) is 18.1 Å². The fraction of sp³-hybridized carbons (Fsp3) is 0.900. The van der Waals surface area contributed by atoms with E-state index in [1.165, 1.54) is 0 Å². The average molecular weight is 253 g/mol. The van der Waals surface area contributed by atoms with Crippen LogP contribution in [0.2, 0.25) is 0 Å². The van der Waals surface area contributed by atoms with Gasteiger partial charge < -0.3 is 10.6 Å². The minimum Gasteiger partial charge on any atom is -0.341 e. The maximum Gasteiger partial charge on any atom is 0.226 e. The predicted molar refractivity (Wildman–Crippen MR) is 68.6 cm³/mol. The number of carbonyl (C=O) groups excluding carboxylic acids is 1. The van der Waals surface area contributed by atoms with E-state index in [-0.39, 0.29) is 30.3 Å². The molecule has 2 N–H and O–H groups in total. The number of hydrogen-bond acceptors (Lipinski definition) is 3. The summed E-state index contributed by atoms with van der Waals surface area (Å²) in [5.41, 5.74) is 5.84. The van der Waals surface area contributed by atoms with Crippen LogP contribution in [0.3, 0.4) is 0 Å². The SMILES string of the molecule is CSCC(C)C(=O)N1CCCC(N)C1.Cl. The molecule has 2 atom stereocenters. The van der Waals surface area contributed by atoms with Crippen LogP contribution in [0.1, 0.15) is 19.8 Å². The van der Waals surface area contributed by atoms with Crippen LogP contribution in [-0.4, -0.2) is 41.9 Å². The quantitative estimate of drug-likeness (QED) is 0.825. The molecule has 5 heteroatoms. The Kier molecular flexibility index (Phi) is 7.40. The number of amides is 1. The number of hydrogen-bond donors (Lipinski definition) is 1. The number of likely N-dealkylation sites (tertiary alicyclic amines) is 1. The molecule has 0 aromatic heterocycles. The monoisotopic (exact) mass is 252 g/mol. The van der Waals surface area contributed by atoms with Gasteiger partial charge in [0.2, 0.25) is 5.91 Å². The van der Waals surface area contributed by atoms with E-state index in [0.717, 1.165) is 31.7 Å². The van der Waals surface area contributed by atoms with E-state index < -0.39 is 0 Å². The highest BCUT2D eigenvalue weighted by molar-refractivity contribution is 7.98. The average Bonchev–Trinajstić information content (AvgIpc) is 2.17. The lowest BCUT2D eigenvalue weighted by molar-refractivity contribution is -0.135. The molecule has 0 spiro atoms. The molecule has 0 bridgehead atoms. The Morgan fingerprint density at radius 1 is 1.67 bits per heavy atom. The largest absolute Gasteiger partial charge is 0.341 e. The number of piperidine rings is 1. The van der Waals surface area contributed by atoms with Gasteiger partial charge in [-0.15, -0.1) is 12.4 Å². The Morgan fingerprint density at radius 3 is 2.87 bits per heavy atom. The molecule has 2 unspecified atom stereocenters. The van der Waals surface area contributed by atoms with E-state index in [0.29, 0.717) is 0 Å². The van der Waals surface area contributed by atoms with Crippen LogP contribution >= 0.6 is 24.2 Å². The molecule has 0 radical (unpaired) electrons. The summed E-state index contributed by atoms with van der Waals surface area (Å²) >= 11 is 1.72. The molecular formula is C10H21ClN2OS. The van der Waals surface area contributed by atoms with Gasteiger partial charge in [0, 0.05) is 30.8 Å². The third-order valence-corrected chi connectivity index (χ3v) is 3.44. The Hall–Kier alpha value is 0.0700. The summed E-state index contributed by atoms with van der Waals surface area (Å²) in [6.45, 7) is 3.64. The lowest BCUT2D eigenvalue weighted by Gasteiger charge is -2.32. The normalized spacial score (nSPS) is 23.1. The van der Waals surface area contributed by atoms with Gasteiger partial charge in [0.05, 0.1) is 0 Å². The standard InChI is InChI=1S/C10H20N2OS.ClH/c1-8(7-14-2)10(13)12-5-3-4-9(11)6-12;/h8-9H,3-7,11H2,1-2H3;1H. The fourth-order valence-corrected chi connectivity index (χ4v) is 2.49. The molecule has 1 heterocycles. The number of carbonyl (C=O) groups is 1. The second-order valence-corrected chi connectivity index (χ2v) is 4.95. The van der Waals surface area contributed by atoms with Gasteiger partial charge in [-0.2, -0.15) is 11.8 Å². The van der Waals surface area contributed by atoms with Crippen molar-refractivity contribution < 1.29 is 4.79 Å². The first-order valence-corrected chi connectivity index (χ1v) is 6.58. The van der Waals surface area contributed by atoms with Gasteiger partial charge in [-0.25, -0.2) is 0 Å². The van der Waals surface area contributed by atoms with Crippen LogP contribution in [0.5, 0.6) is 0 Å². The molecule has 1 amide bonds. The highest BCUT2D eigenvalue weighted by Gasteiger charge is 2.24. The third kappa shape index (κ3) is 4.62. The number of nitrogens with zero attached hydrogens (tertiary/aromatic N) is 1. The summed E-state index contributed by atoms with van der Waals surface area (Å²) in [4.78, 5) is 13.8. The van der Waals surface area contributed by atoms with Crippen LogP contribution in [0.4, 0.5) is 0 Å². The zero-order valence-electron chi connectivity index (χ0n) is 9.44. The highest BCUT2D eigenvalue weighted by Crippen LogP contribution is 2.14. The molecule has 0 aromatic carbocycles. The van der Waals surface area contributed by atoms with Crippen molar-refractivity contribution in [1.29, 1.82) is 0 Å². The summed E-state index contributed by atoms with van der Waals surface area (Å²) < 4.78 is 0. The predicted octanol–water partition coefficient (Wildman–Crippen LogP) is 1.36. The molecule has 1 fully saturated rings. The van der Waals surface area contributed by atoms with Crippen molar-refractivity contribution in [2.24, 2.45) is 11.7 Å². The van der Waals surface area contributed by atoms with Crippen LogP contribution in [0, 0.1) is 5.92 Å². The van der Waals surface area contributed by atoms with Gasteiger partial charge in [-0.1, -0.05) is 6.92 Å². The van der Waals surface area contributed by atoms with Crippen molar-refractivity contribution in [3.05, 3.63) is 0 Å². The first kappa shape index (κ1) is 15.1. The van der Waals surface area contributed by atoms with Gasteiger partial charge in [0.1, 0.15) is 0 Å². The summed E-state index contributed by atoms with van der Waals surface area (Å²) in [7, 11) is 0. The Labute approximate surface area is 103 Å². The van der Waals surface area contributed by atoms with Gasteiger partial charge in [-0.05, 0) is 19.1 Å². The van der Waals surface area contributed by atoms with Crippen molar-refractivity contribution in [3.63, 3.8) is 0 Å². The van der Waals surface area contributed by atoms with Crippen molar-refractivity contribution in [1.82, 2.24) is 4.90 Å². The van der Waals surface area contributed by atoms with Crippen LogP contribution in [-0.2, 0) is 4.79 Å². The summed E-state index contributed by atoms with van der Waals surface area (Å²) in [5.74, 6) is 1.31. The second-order valence-electron chi connectivity index (χ2n) is 4.04. The highest BCUT2D eigenvalue weighted by atomic mass is 35.5. The van der Waals surface area contributed by atoms with E-state index in [9.17, 15) is 4.79 Å². The Morgan fingerprint density at radius 2 is 2.33 bits per heavy atom. The fourth-order valence-electron chi connectivity index (χ4n) is 1.84. The van der Waals surface area contributed by atoms with Gasteiger partial charge in [0.25, 0.3) is 0 Å². The molecule has 0 aromatic rings. The summed E-state index contributed by atoms with van der Waals surface area (Å²) in [5, 5.41) is 0. The second kappa shape index (κ2) is 7.36. The van der Waals surface area contributed by atoms with E-state index in [2.05, 4.69) is 0 Å². The molecule has 1 saturated heterocycles. The maximum absolute atomic E-state index is 11.9. The van der Waals surface area contributed by atoms with Crippen molar-refractivity contribution in [2.45, 2.75) is 25.8 Å². The van der Waals surface area contributed by atoms with Crippen LogP contribution < -0.4 is 5.73 Å². The maximum atomic E-state index is 11.9. The molecule has 1 aliphatic rings. The molecule has 15 heavy (non-hydrogen) atoms. The molecule has 0 aliphatic carbocycles. The lowest BCUT2D eigenvalue weighted by Crippen LogP contribution is -2.47. The van der Waals surface area contributed by atoms with Crippen molar-refractivity contribution in [2.75, 3.05) is 25.1 Å². The summed E-state index contributed by atoms with van der Waals surface area (Å²) in [6.07, 6.45) is 4.14. The molecule has 90 valence electrons. The van der Waals surface area contributed by atoms with Crippen molar-refractivity contribution >= 4 is 30.1 Å². The molecule has 0 saturated carbocycles. The first-order chi connectivity index (χ1) is 6.65. The minimum absolute atomic E-state index is 0. The summed E-state index contributed by atoms with van der Waals surface area (Å²) in [6, 6.07) is 0.189. The Balaban J connectivity index is 0.00000196. The van der Waals surface area contributed by atoms with Crippen LogP contribution in [0.25, 0.3) is 0 Å². The number of rotatable bonds is 3. The van der Waals surface area contributed by atoms with E-state index in [4.69, 9.17) is 5.73 Å².